The smallest absolute Gasteiger partial charge is 0.230 e. The van der Waals surface area contributed by atoms with Gasteiger partial charge in [0.1, 0.15) is 5.49 Å². The molecular weight excluding hydrogens is 424 g/mol. The van der Waals surface area contributed by atoms with Crippen molar-refractivity contribution in [3.8, 4) is 5.69 Å². The summed E-state index contributed by atoms with van der Waals surface area (Å²) in [5, 5.41) is 20.6. The number of benzene rings is 1. The van der Waals surface area contributed by atoms with Crippen molar-refractivity contribution in [3.63, 3.8) is 0 Å². The van der Waals surface area contributed by atoms with E-state index in [0.717, 1.165) is 36.4 Å². The lowest BCUT2D eigenvalue weighted by atomic mass is 10.2. The Balaban J connectivity index is 1.65. The summed E-state index contributed by atoms with van der Waals surface area (Å²) in [4.78, 5) is 17.0. The second-order valence-electron chi connectivity index (χ2n) is 7.24. The van der Waals surface area contributed by atoms with Crippen molar-refractivity contribution in [1.29, 1.82) is 5.41 Å². The van der Waals surface area contributed by atoms with E-state index in [0.29, 0.717) is 27.8 Å². The van der Waals surface area contributed by atoms with Gasteiger partial charge in [0.25, 0.3) is 0 Å². The van der Waals surface area contributed by atoms with Crippen LogP contribution in [0.3, 0.4) is 0 Å². The molecule has 10 heteroatoms. The van der Waals surface area contributed by atoms with E-state index in [1.165, 1.54) is 11.8 Å². The zero-order chi connectivity index (χ0) is 21.3. The Morgan fingerprint density at radius 3 is 3.07 bits per heavy atom. The Labute approximate surface area is 182 Å². The zero-order valence-corrected chi connectivity index (χ0v) is 18.4. The molecule has 1 saturated heterocycles. The molecule has 2 aromatic heterocycles. The second kappa shape index (κ2) is 8.79. The third-order valence-corrected chi connectivity index (χ3v) is 6.49. The number of aryl methyl sites for hydroxylation is 1. The van der Waals surface area contributed by atoms with Gasteiger partial charge in [-0.2, -0.15) is 5.10 Å². The molecule has 0 spiro atoms. The molecule has 1 atom stereocenters. The number of thioether (sulfide) groups is 1. The molecule has 1 aliphatic rings. The van der Waals surface area contributed by atoms with Crippen molar-refractivity contribution < 1.29 is 9.53 Å². The molecule has 3 N–H and O–H groups in total. The number of fused-ring (bicyclic) bond motifs is 1. The largest absolute Gasteiger partial charge is 0.376 e. The standard InChI is InChI=1S/C20H23ClN6O2S/c1-11-14(21)6-3-7-15(11)27-18(22)17-12(2)25-26-19(17)24-20(27)30-10-16(28)23-9-13-5-4-8-29-13/h3,6-7,13,22H,4-5,8-10H2,1-2H3,(H,23,28)(H,25,26)/t13-/m1/s1. The van der Waals surface area contributed by atoms with Crippen LogP contribution in [0.25, 0.3) is 16.7 Å². The van der Waals surface area contributed by atoms with E-state index in [1.807, 2.05) is 32.0 Å². The predicted octanol–water partition coefficient (Wildman–Crippen LogP) is 2.89. The molecule has 30 heavy (non-hydrogen) atoms. The number of aromatic amines is 1. The fourth-order valence-corrected chi connectivity index (χ4v) is 4.50. The highest BCUT2D eigenvalue weighted by molar-refractivity contribution is 7.99. The minimum atomic E-state index is -0.100. The topological polar surface area (TPSA) is 109 Å². The van der Waals surface area contributed by atoms with E-state index < -0.39 is 0 Å². The van der Waals surface area contributed by atoms with E-state index in [9.17, 15) is 4.79 Å². The number of amides is 1. The van der Waals surface area contributed by atoms with Crippen LogP contribution in [0.1, 0.15) is 24.1 Å². The van der Waals surface area contributed by atoms with E-state index in [2.05, 4.69) is 20.5 Å². The normalized spacial score (nSPS) is 16.3. The maximum absolute atomic E-state index is 12.4. The van der Waals surface area contributed by atoms with Crippen LogP contribution < -0.4 is 10.8 Å². The van der Waals surface area contributed by atoms with Crippen LogP contribution in [0.4, 0.5) is 0 Å². The molecule has 8 nitrogen and oxygen atoms in total. The number of H-pyrrole nitrogens is 1. The van der Waals surface area contributed by atoms with Crippen molar-refractivity contribution >= 4 is 40.3 Å². The first-order valence-electron chi connectivity index (χ1n) is 9.74. The lowest BCUT2D eigenvalue weighted by Crippen LogP contribution is -2.33. The number of hydrogen-bond donors (Lipinski definition) is 3. The summed E-state index contributed by atoms with van der Waals surface area (Å²) in [6.45, 7) is 5.03. The maximum Gasteiger partial charge on any atom is 0.230 e. The van der Waals surface area contributed by atoms with Gasteiger partial charge in [-0.15, -0.1) is 0 Å². The maximum atomic E-state index is 12.4. The van der Waals surface area contributed by atoms with Crippen LogP contribution in [-0.4, -0.2) is 50.7 Å². The number of ether oxygens (including phenoxy) is 1. The van der Waals surface area contributed by atoms with E-state index in [4.69, 9.17) is 21.7 Å². The first kappa shape index (κ1) is 20.9. The van der Waals surface area contributed by atoms with E-state index in [1.54, 1.807) is 4.57 Å². The van der Waals surface area contributed by atoms with Crippen LogP contribution in [0, 0.1) is 19.3 Å². The number of carbonyl (C=O) groups is 1. The van der Waals surface area contributed by atoms with Crippen LogP contribution in [0.2, 0.25) is 5.02 Å². The number of nitrogens with one attached hydrogen (secondary N) is 3. The van der Waals surface area contributed by atoms with Gasteiger partial charge in [-0.05, 0) is 44.4 Å². The summed E-state index contributed by atoms with van der Waals surface area (Å²) in [5.41, 5.74) is 3.06. The zero-order valence-electron chi connectivity index (χ0n) is 16.8. The summed E-state index contributed by atoms with van der Waals surface area (Å²) >= 11 is 7.60. The third kappa shape index (κ3) is 4.10. The van der Waals surface area contributed by atoms with Crippen LogP contribution in [0.5, 0.6) is 0 Å². The molecule has 1 aromatic carbocycles. The molecule has 0 unspecified atom stereocenters. The first-order chi connectivity index (χ1) is 14.5. The quantitative estimate of drug-likeness (QED) is 0.398. The Hall–Kier alpha value is -2.36. The Morgan fingerprint density at radius 1 is 1.47 bits per heavy atom. The lowest BCUT2D eigenvalue weighted by molar-refractivity contribution is -0.119. The summed E-state index contributed by atoms with van der Waals surface area (Å²) in [6.07, 6.45) is 2.10. The van der Waals surface area contributed by atoms with Gasteiger partial charge in [0, 0.05) is 23.9 Å². The number of nitrogens with zero attached hydrogens (tertiary/aromatic N) is 3. The summed E-state index contributed by atoms with van der Waals surface area (Å²) in [6, 6.07) is 5.54. The summed E-state index contributed by atoms with van der Waals surface area (Å²) in [7, 11) is 0. The molecule has 1 aliphatic heterocycles. The van der Waals surface area contributed by atoms with Gasteiger partial charge in [0.15, 0.2) is 10.8 Å². The molecule has 1 fully saturated rings. The van der Waals surface area contributed by atoms with Gasteiger partial charge in [-0.25, -0.2) is 4.98 Å². The van der Waals surface area contributed by atoms with Crippen LogP contribution >= 0.6 is 23.4 Å². The average Bonchev–Trinajstić information content (AvgIpc) is 3.37. The van der Waals surface area contributed by atoms with Crippen molar-refractivity contribution in [3.05, 3.63) is 40.0 Å². The van der Waals surface area contributed by atoms with Crippen molar-refractivity contribution in [2.45, 2.75) is 37.9 Å². The number of rotatable bonds is 6. The first-order valence-corrected chi connectivity index (χ1v) is 11.1. The van der Waals surface area contributed by atoms with Gasteiger partial charge in [-0.3, -0.25) is 19.9 Å². The minimum absolute atomic E-state index is 0.0966. The second-order valence-corrected chi connectivity index (χ2v) is 8.59. The molecule has 3 aromatic rings. The molecule has 0 aliphatic carbocycles. The molecule has 0 radical (unpaired) electrons. The minimum Gasteiger partial charge on any atom is -0.376 e. The number of halogens is 1. The monoisotopic (exact) mass is 446 g/mol. The van der Waals surface area contributed by atoms with Gasteiger partial charge >= 0.3 is 0 Å². The lowest BCUT2D eigenvalue weighted by Gasteiger charge is -2.16. The SMILES string of the molecule is Cc1c(Cl)cccc1-n1c(SCC(=O)NC[C@H]2CCCO2)nc2n[nH]c(C)c2c1=N. The molecule has 0 bridgehead atoms. The van der Waals surface area contributed by atoms with Gasteiger partial charge in [-0.1, -0.05) is 29.4 Å². The Bertz CT molecular complexity index is 1150. The summed E-state index contributed by atoms with van der Waals surface area (Å²) < 4.78 is 7.27. The molecule has 158 valence electrons. The predicted molar refractivity (Wildman–Crippen MR) is 116 cm³/mol. The fraction of sp³-hybridized carbons (Fsp3) is 0.400. The highest BCUT2D eigenvalue weighted by Crippen LogP contribution is 2.26. The molecule has 3 heterocycles. The van der Waals surface area contributed by atoms with E-state index >= 15 is 0 Å². The molecule has 4 rings (SSSR count). The average molecular weight is 447 g/mol. The van der Waals surface area contributed by atoms with Crippen LogP contribution in [0.15, 0.2) is 23.4 Å². The highest BCUT2D eigenvalue weighted by atomic mass is 35.5. The summed E-state index contributed by atoms with van der Waals surface area (Å²) in [5.74, 6) is 0.0738. The highest BCUT2D eigenvalue weighted by Gasteiger charge is 2.19. The number of aromatic nitrogens is 4. The van der Waals surface area contributed by atoms with Crippen molar-refractivity contribution in [2.24, 2.45) is 0 Å². The number of hydrogen-bond acceptors (Lipinski definition) is 6. The van der Waals surface area contributed by atoms with E-state index in [-0.39, 0.29) is 23.3 Å². The van der Waals surface area contributed by atoms with Crippen LogP contribution in [-0.2, 0) is 9.53 Å². The molecule has 1 amide bonds. The van der Waals surface area contributed by atoms with Gasteiger partial charge < -0.3 is 10.1 Å². The Morgan fingerprint density at radius 2 is 2.30 bits per heavy atom. The molecule has 0 saturated carbocycles. The Kier molecular flexibility index (Phi) is 6.12. The van der Waals surface area contributed by atoms with Crippen molar-refractivity contribution in [2.75, 3.05) is 18.9 Å². The van der Waals surface area contributed by atoms with Gasteiger partial charge in [0.05, 0.1) is 22.9 Å². The van der Waals surface area contributed by atoms with Gasteiger partial charge in [0.2, 0.25) is 5.91 Å². The third-order valence-electron chi connectivity index (χ3n) is 5.14. The fourth-order valence-electron chi connectivity index (χ4n) is 3.50. The number of carbonyl (C=O) groups excluding carboxylic acids is 1. The van der Waals surface area contributed by atoms with Crippen molar-refractivity contribution in [1.82, 2.24) is 25.1 Å². The molecular formula is C20H23ClN6O2S.